The Morgan fingerprint density at radius 2 is 2.11 bits per heavy atom. The molecule has 0 aliphatic carbocycles. The standard InChI is InChI=1S/C13H10ClNO3/c1-7-4-9(6-17-7)12(14)8-2-3-10-11(5-8)18-13(16)15-10/h2-6,12H,1H3,(H,15,16). The smallest absolute Gasteiger partial charge is 0.417 e. The van der Waals surface area contributed by atoms with Gasteiger partial charge in [0.2, 0.25) is 0 Å². The number of aromatic amines is 1. The number of rotatable bonds is 2. The van der Waals surface area contributed by atoms with Crippen molar-refractivity contribution in [1.29, 1.82) is 0 Å². The van der Waals surface area contributed by atoms with Crippen molar-refractivity contribution in [1.82, 2.24) is 4.98 Å². The average molecular weight is 264 g/mol. The number of halogens is 1. The summed E-state index contributed by atoms with van der Waals surface area (Å²) in [5.41, 5.74) is 2.90. The van der Waals surface area contributed by atoms with Gasteiger partial charge < -0.3 is 8.83 Å². The Bertz CT molecular complexity index is 753. The van der Waals surface area contributed by atoms with Crippen molar-refractivity contribution in [2.75, 3.05) is 0 Å². The van der Waals surface area contributed by atoms with Crippen LogP contribution in [0.4, 0.5) is 0 Å². The Kier molecular flexibility index (Phi) is 2.52. The van der Waals surface area contributed by atoms with E-state index in [1.165, 1.54) is 0 Å². The molecule has 2 aromatic heterocycles. The second-order valence-electron chi connectivity index (χ2n) is 4.12. The zero-order valence-corrected chi connectivity index (χ0v) is 10.3. The molecule has 0 aliphatic rings. The number of nitrogens with one attached hydrogen (secondary N) is 1. The summed E-state index contributed by atoms with van der Waals surface area (Å²) in [6.45, 7) is 1.86. The topological polar surface area (TPSA) is 59.1 Å². The normalized spacial score (nSPS) is 13.0. The van der Waals surface area contributed by atoms with E-state index in [4.69, 9.17) is 20.4 Å². The molecule has 0 aliphatic heterocycles. The summed E-state index contributed by atoms with van der Waals surface area (Å²) in [6, 6.07) is 7.27. The molecule has 1 aromatic carbocycles. The molecular weight excluding hydrogens is 254 g/mol. The van der Waals surface area contributed by atoms with E-state index in [0.717, 1.165) is 16.9 Å². The van der Waals surface area contributed by atoms with Crippen molar-refractivity contribution in [2.24, 2.45) is 0 Å². The molecule has 0 fully saturated rings. The van der Waals surface area contributed by atoms with Gasteiger partial charge in [0.15, 0.2) is 5.58 Å². The molecule has 4 nitrogen and oxygen atoms in total. The number of alkyl halides is 1. The molecule has 18 heavy (non-hydrogen) atoms. The van der Waals surface area contributed by atoms with Crippen LogP contribution in [0.3, 0.4) is 0 Å². The van der Waals surface area contributed by atoms with Gasteiger partial charge in [-0.2, -0.15) is 0 Å². The van der Waals surface area contributed by atoms with Gasteiger partial charge in [0.25, 0.3) is 0 Å². The second kappa shape index (κ2) is 4.07. The maximum absolute atomic E-state index is 11.1. The zero-order chi connectivity index (χ0) is 12.7. The SMILES string of the molecule is Cc1cc(C(Cl)c2ccc3[nH]c(=O)oc3c2)co1. The van der Waals surface area contributed by atoms with Gasteiger partial charge in [0.1, 0.15) is 5.76 Å². The van der Waals surface area contributed by atoms with Crippen LogP contribution in [0.15, 0.2) is 44.2 Å². The van der Waals surface area contributed by atoms with E-state index in [2.05, 4.69) is 4.98 Å². The van der Waals surface area contributed by atoms with E-state index in [0.29, 0.717) is 11.1 Å². The van der Waals surface area contributed by atoms with Gasteiger partial charge in [-0.1, -0.05) is 6.07 Å². The van der Waals surface area contributed by atoms with Crippen LogP contribution in [-0.4, -0.2) is 4.98 Å². The lowest BCUT2D eigenvalue weighted by atomic mass is 10.1. The van der Waals surface area contributed by atoms with Crippen LogP contribution in [-0.2, 0) is 0 Å². The highest BCUT2D eigenvalue weighted by molar-refractivity contribution is 6.22. The lowest BCUT2D eigenvalue weighted by Gasteiger charge is -2.06. The first-order chi connectivity index (χ1) is 8.63. The van der Waals surface area contributed by atoms with Gasteiger partial charge in [0.05, 0.1) is 17.2 Å². The lowest BCUT2D eigenvalue weighted by molar-refractivity contribution is 0.532. The van der Waals surface area contributed by atoms with E-state index in [-0.39, 0.29) is 5.38 Å². The summed E-state index contributed by atoms with van der Waals surface area (Å²) >= 11 is 6.36. The number of oxazole rings is 1. The molecule has 3 rings (SSSR count). The Labute approximate surface area is 107 Å². The summed E-state index contributed by atoms with van der Waals surface area (Å²) in [5, 5.41) is -0.327. The Morgan fingerprint density at radius 3 is 2.83 bits per heavy atom. The number of fused-ring (bicyclic) bond motifs is 1. The predicted octanol–water partition coefficient (Wildman–Crippen LogP) is 3.35. The minimum absolute atomic E-state index is 0.327. The molecule has 0 radical (unpaired) electrons. The first-order valence-electron chi connectivity index (χ1n) is 5.45. The van der Waals surface area contributed by atoms with E-state index < -0.39 is 5.76 Å². The molecule has 3 aromatic rings. The number of hydrogen-bond donors (Lipinski definition) is 1. The van der Waals surface area contributed by atoms with Gasteiger partial charge in [-0.05, 0) is 30.7 Å². The van der Waals surface area contributed by atoms with Crippen molar-refractivity contribution in [3.63, 3.8) is 0 Å². The van der Waals surface area contributed by atoms with Crippen LogP contribution in [0.5, 0.6) is 0 Å². The summed E-state index contributed by atoms with van der Waals surface area (Å²) in [6.07, 6.45) is 1.63. The maximum atomic E-state index is 11.1. The quantitative estimate of drug-likeness (QED) is 0.721. The van der Waals surface area contributed by atoms with Crippen molar-refractivity contribution in [2.45, 2.75) is 12.3 Å². The van der Waals surface area contributed by atoms with Crippen molar-refractivity contribution in [3.05, 3.63) is 58.0 Å². The molecule has 1 N–H and O–H groups in total. The molecular formula is C13H10ClNO3. The first kappa shape index (κ1) is 11.2. The van der Waals surface area contributed by atoms with Crippen LogP contribution < -0.4 is 5.76 Å². The largest absolute Gasteiger partial charge is 0.469 e. The summed E-state index contributed by atoms with van der Waals surface area (Å²) < 4.78 is 10.2. The van der Waals surface area contributed by atoms with Crippen LogP contribution >= 0.6 is 11.6 Å². The third-order valence-electron chi connectivity index (χ3n) is 2.78. The number of benzene rings is 1. The van der Waals surface area contributed by atoms with Crippen molar-refractivity contribution < 1.29 is 8.83 Å². The molecule has 0 bridgehead atoms. The third kappa shape index (κ3) is 1.84. The molecule has 2 heterocycles. The second-order valence-corrected chi connectivity index (χ2v) is 4.56. The van der Waals surface area contributed by atoms with E-state index in [1.54, 1.807) is 18.4 Å². The molecule has 0 spiro atoms. The zero-order valence-electron chi connectivity index (χ0n) is 9.57. The fourth-order valence-electron chi connectivity index (χ4n) is 1.91. The minimum Gasteiger partial charge on any atom is -0.469 e. The van der Waals surface area contributed by atoms with Crippen molar-refractivity contribution >= 4 is 22.7 Å². The maximum Gasteiger partial charge on any atom is 0.417 e. The first-order valence-corrected chi connectivity index (χ1v) is 5.89. The summed E-state index contributed by atoms with van der Waals surface area (Å²) in [5.74, 6) is 0.345. The molecule has 0 saturated heterocycles. The van der Waals surface area contributed by atoms with Crippen LogP contribution in [0.1, 0.15) is 22.3 Å². The van der Waals surface area contributed by atoms with E-state index in [9.17, 15) is 4.79 Å². The van der Waals surface area contributed by atoms with Crippen molar-refractivity contribution in [3.8, 4) is 0 Å². The lowest BCUT2D eigenvalue weighted by Crippen LogP contribution is -1.92. The number of hydrogen-bond acceptors (Lipinski definition) is 3. The highest BCUT2D eigenvalue weighted by Gasteiger charge is 2.14. The number of H-pyrrole nitrogens is 1. The Morgan fingerprint density at radius 1 is 1.28 bits per heavy atom. The van der Waals surface area contributed by atoms with Gasteiger partial charge in [-0.3, -0.25) is 4.98 Å². The molecule has 1 atom stereocenters. The minimum atomic E-state index is -0.465. The highest BCUT2D eigenvalue weighted by Crippen LogP contribution is 2.31. The molecule has 0 saturated carbocycles. The Hall–Kier alpha value is -1.94. The van der Waals surface area contributed by atoms with Gasteiger partial charge in [-0.25, -0.2) is 4.79 Å². The number of aromatic nitrogens is 1. The monoisotopic (exact) mass is 263 g/mol. The average Bonchev–Trinajstić information content (AvgIpc) is 2.92. The number of aryl methyl sites for hydroxylation is 1. The summed E-state index contributed by atoms with van der Waals surface area (Å²) in [4.78, 5) is 13.7. The van der Waals surface area contributed by atoms with Crippen LogP contribution in [0.25, 0.3) is 11.1 Å². The van der Waals surface area contributed by atoms with Crippen LogP contribution in [0, 0.1) is 6.92 Å². The van der Waals surface area contributed by atoms with E-state index >= 15 is 0 Å². The summed E-state index contributed by atoms with van der Waals surface area (Å²) in [7, 11) is 0. The Balaban J connectivity index is 2.05. The van der Waals surface area contributed by atoms with Gasteiger partial charge in [0, 0.05) is 5.56 Å². The molecule has 1 unspecified atom stereocenters. The molecule has 0 amide bonds. The molecule has 92 valence electrons. The fraction of sp³-hybridized carbons (Fsp3) is 0.154. The van der Waals surface area contributed by atoms with Crippen LogP contribution in [0.2, 0.25) is 0 Å². The third-order valence-corrected chi connectivity index (χ3v) is 3.29. The highest BCUT2D eigenvalue weighted by atomic mass is 35.5. The van der Waals surface area contributed by atoms with E-state index in [1.807, 2.05) is 19.1 Å². The van der Waals surface area contributed by atoms with Gasteiger partial charge in [-0.15, -0.1) is 11.6 Å². The molecule has 5 heteroatoms. The predicted molar refractivity (Wildman–Crippen MR) is 68.0 cm³/mol. The number of furan rings is 1. The fourth-order valence-corrected chi connectivity index (χ4v) is 2.16. The van der Waals surface area contributed by atoms with Gasteiger partial charge >= 0.3 is 5.76 Å².